The van der Waals surface area contributed by atoms with Crippen molar-refractivity contribution in [3.63, 3.8) is 0 Å². The predicted molar refractivity (Wildman–Crippen MR) is 78.2 cm³/mol. The number of unbranched alkanes of at least 4 members (excludes halogenated alkanes) is 3. The Bertz CT molecular complexity index is 205. The van der Waals surface area contributed by atoms with Gasteiger partial charge >= 0.3 is 0 Å². The summed E-state index contributed by atoms with van der Waals surface area (Å²) in [6, 6.07) is 0. The van der Waals surface area contributed by atoms with E-state index < -0.39 is 0 Å². The van der Waals surface area contributed by atoms with Crippen LogP contribution >= 0.6 is 0 Å². The van der Waals surface area contributed by atoms with Crippen molar-refractivity contribution < 1.29 is 19.3 Å². The Kier molecular flexibility index (Phi) is 11.2. The molecule has 0 heterocycles. The Labute approximate surface area is 123 Å². The summed E-state index contributed by atoms with van der Waals surface area (Å²) in [6.45, 7) is 1.55. The summed E-state index contributed by atoms with van der Waals surface area (Å²) >= 11 is 0. The van der Waals surface area contributed by atoms with Gasteiger partial charge in [0.1, 0.15) is 0 Å². The van der Waals surface area contributed by atoms with Crippen molar-refractivity contribution in [2.75, 3.05) is 26.9 Å². The van der Waals surface area contributed by atoms with Crippen molar-refractivity contribution >= 4 is 0 Å². The Hall–Kier alpha value is -0.160. The van der Waals surface area contributed by atoms with E-state index in [1.807, 2.05) is 0 Å². The molecule has 20 heavy (non-hydrogen) atoms. The van der Waals surface area contributed by atoms with E-state index in [4.69, 9.17) is 14.2 Å². The highest BCUT2D eigenvalue weighted by Gasteiger charge is 2.19. The summed E-state index contributed by atoms with van der Waals surface area (Å²) in [5.74, 6) is 0. The Morgan fingerprint density at radius 1 is 1.00 bits per heavy atom. The van der Waals surface area contributed by atoms with Gasteiger partial charge < -0.3 is 14.2 Å². The lowest BCUT2D eigenvalue weighted by Gasteiger charge is -2.20. The normalized spacial score (nSPS) is 17.7. The Morgan fingerprint density at radius 2 is 1.70 bits per heavy atom. The second-order valence-electron chi connectivity index (χ2n) is 5.58. The van der Waals surface area contributed by atoms with Crippen LogP contribution in [0.15, 0.2) is 0 Å². The monoisotopic (exact) mass is 287 g/mol. The molecule has 0 aliphatic heterocycles. The second-order valence-corrected chi connectivity index (χ2v) is 5.58. The van der Waals surface area contributed by atoms with Gasteiger partial charge in [-0.1, -0.05) is 19.3 Å². The van der Waals surface area contributed by atoms with Gasteiger partial charge in [0.25, 0.3) is 0 Å². The quantitative estimate of drug-likeness (QED) is 0.383. The lowest BCUT2D eigenvalue weighted by Crippen LogP contribution is -2.21. The van der Waals surface area contributed by atoms with Gasteiger partial charge in [-0.25, -0.2) is 5.11 Å². The zero-order valence-electron chi connectivity index (χ0n) is 13.0. The van der Waals surface area contributed by atoms with Gasteiger partial charge in [-0.05, 0) is 44.9 Å². The fraction of sp³-hybridized carbons (Fsp3) is 1.00. The Morgan fingerprint density at radius 3 is 2.35 bits per heavy atom. The van der Waals surface area contributed by atoms with E-state index in [1.54, 1.807) is 7.11 Å². The minimum Gasteiger partial charge on any atom is -0.381 e. The average Bonchev–Trinajstić information content (AvgIpc) is 2.97. The standard InChI is InChI=1S/C16H31O4/c1-18-16(20-15-9-4-5-10-15)11-3-2-7-13-19-14-8-6-12-17/h15-16H,2-14H2,1H3. The van der Waals surface area contributed by atoms with Gasteiger partial charge in [-0.2, -0.15) is 0 Å². The van der Waals surface area contributed by atoms with Gasteiger partial charge in [0, 0.05) is 20.3 Å². The molecule has 1 aliphatic carbocycles. The lowest BCUT2D eigenvalue weighted by molar-refractivity contribution is -0.157. The van der Waals surface area contributed by atoms with E-state index in [2.05, 4.69) is 0 Å². The number of hydrogen-bond acceptors (Lipinski definition) is 3. The zero-order valence-corrected chi connectivity index (χ0v) is 13.0. The predicted octanol–water partition coefficient (Wildman–Crippen LogP) is 3.71. The third-order valence-corrected chi connectivity index (χ3v) is 3.82. The van der Waals surface area contributed by atoms with Gasteiger partial charge in [0.15, 0.2) is 6.29 Å². The highest BCUT2D eigenvalue weighted by atomic mass is 16.7. The second kappa shape index (κ2) is 12.6. The molecule has 4 heteroatoms. The maximum atomic E-state index is 10.2. The molecule has 0 saturated heterocycles. The van der Waals surface area contributed by atoms with Gasteiger partial charge in [-0.15, -0.1) is 0 Å². The lowest BCUT2D eigenvalue weighted by atomic mass is 10.2. The van der Waals surface area contributed by atoms with Crippen LogP contribution in [-0.4, -0.2) is 39.3 Å². The molecule has 1 aliphatic rings. The van der Waals surface area contributed by atoms with Crippen LogP contribution in [0.4, 0.5) is 0 Å². The highest BCUT2D eigenvalue weighted by molar-refractivity contribution is 4.67. The SMILES string of the molecule is COC(CCCCCOCCCC[O])OC1CCCC1. The zero-order chi connectivity index (χ0) is 14.5. The van der Waals surface area contributed by atoms with Crippen LogP contribution in [0.3, 0.4) is 0 Å². The third-order valence-electron chi connectivity index (χ3n) is 3.82. The molecule has 0 aromatic carbocycles. The van der Waals surface area contributed by atoms with Crippen LogP contribution in [-0.2, 0) is 19.3 Å². The van der Waals surface area contributed by atoms with Crippen LogP contribution in [0, 0.1) is 0 Å². The molecule has 0 bridgehead atoms. The van der Waals surface area contributed by atoms with Gasteiger partial charge in [0.05, 0.1) is 12.7 Å². The fourth-order valence-electron chi connectivity index (χ4n) is 2.58. The van der Waals surface area contributed by atoms with Crippen molar-refractivity contribution in [1.82, 2.24) is 0 Å². The van der Waals surface area contributed by atoms with E-state index in [1.165, 1.54) is 25.7 Å². The molecule has 0 aromatic rings. The molecule has 119 valence electrons. The van der Waals surface area contributed by atoms with E-state index in [-0.39, 0.29) is 12.9 Å². The molecule has 4 nitrogen and oxygen atoms in total. The van der Waals surface area contributed by atoms with Crippen LogP contribution in [0.5, 0.6) is 0 Å². The molecule has 0 amide bonds. The maximum Gasteiger partial charge on any atom is 0.157 e. The molecule has 0 aromatic heterocycles. The van der Waals surface area contributed by atoms with Crippen LogP contribution in [0.1, 0.15) is 64.2 Å². The molecule has 1 unspecified atom stereocenters. The van der Waals surface area contributed by atoms with Crippen molar-refractivity contribution in [2.24, 2.45) is 0 Å². The summed E-state index contributed by atoms with van der Waals surface area (Å²) in [6.07, 6.45) is 11.3. The summed E-state index contributed by atoms with van der Waals surface area (Å²) in [5, 5.41) is 10.2. The largest absolute Gasteiger partial charge is 0.381 e. The molecule has 1 saturated carbocycles. The molecule has 0 N–H and O–H groups in total. The first-order chi connectivity index (χ1) is 9.86. The molecule has 0 spiro atoms. The van der Waals surface area contributed by atoms with Gasteiger partial charge in [-0.3, -0.25) is 0 Å². The van der Waals surface area contributed by atoms with Crippen molar-refractivity contribution in [2.45, 2.75) is 76.6 Å². The molecule has 1 radical (unpaired) electrons. The van der Waals surface area contributed by atoms with E-state index in [0.717, 1.165) is 51.7 Å². The van der Waals surface area contributed by atoms with Crippen molar-refractivity contribution in [1.29, 1.82) is 0 Å². The molecule has 1 rings (SSSR count). The van der Waals surface area contributed by atoms with Crippen LogP contribution in [0.2, 0.25) is 0 Å². The Balaban J connectivity index is 1.88. The van der Waals surface area contributed by atoms with E-state index in [9.17, 15) is 5.11 Å². The first kappa shape index (κ1) is 17.9. The molecule has 1 fully saturated rings. The minimum absolute atomic E-state index is 0.0166. The highest BCUT2D eigenvalue weighted by Crippen LogP contribution is 2.23. The summed E-state index contributed by atoms with van der Waals surface area (Å²) in [7, 11) is 1.73. The fourth-order valence-corrected chi connectivity index (χ4v) is 2.58. The van der Waals surface area contributed by atoms with Crippen LogP contribution < -0.4 is 0 Å². The summed E-state index contributed by atoms with van der Waals surface area (Å²) in [5.41, 5.74) is 0. The summed E-state index contributed by atoms with van der Waals surface area (Å²) in [4.78, 5) is 0. The van der Waals surface area contributed by atoms with E-state index in [0.29, 0.717) is 6.10 Å². The van der Waals surface area contributed by atoms with E-state index >= 15 is 0 Å². The van der Waals surface area contributed by atoms with Gasteiger partial charge in [0.2, 0.25) is 0 Å². The number of rotatable bonds is 13. The third kappa shape index (κ3) is 8.90. The molecular weight excluding hydrogens is 256 g/mol. The smallest absolute Gasteiger partial charge is 0.157 e. The summed E-state index contributed by atoms with van der Waals surface area (Å²) < 4.78 is 16.8. The minimum atomic E-state index is -0.0314. The average molecular weight is 287 g/mol. The van der Waals surface area contributed by atoms with Crippen LogP contribution in [0.25, 0.3) is 0 Å². The van der Waals surface area contributed by atoms with Crippen molar-refractivity contribution in [3.8, 4) is 0 Å². The maximum absolute atomic E-state index is 10.2. The van der Waals surface area contributed by atoms with Crippen molar-refractivity contribution in [3.05, 3.63) is 0 Å². The number of ether oxygens (including phenoxy) is 3. The first-order valence-electron chi connectivity index (χ1n) is 8.21. The number of methoxy groups -OCH3 is 1. The topological polar surface area (TPSA) is 47.6 Å². The molecular formula is C16H31O4. The number of hydrogen-bond donors (Lipinski definition) is 0. The molecule has 1 atom stereocenters. The first-order valence-corrected chi connectivity index (χ1v) is 8.21.